The Labute approximate surface area is 83.3 Å². The van der Waals surface area contributed by atoms with Crippen molar-refractivity contribution in [2.45, 2.75) is 19.3 Å². The van der Waals surface area contributed by atoms with Gasteiger partial charge in [0.2, 0.25) is 0 Å². The molecule has 1 aliphatic rings. The summed E-state index contributed by atoms with van der Waals surface area (Å²) in [6, 6.07) is 0. The lowest BCUT2D eigenvalue weighted by Crippen LogP contribution is -2.15. The third-order valence-electron chi connectivity index (χ3n) is 2.63. The van der Waals surface area contributed by atoms with Gasteiger partial charge in [-0.2, -0.15) is 0 Å². The molecule has 1 unspecified atom stereocenters. The van der Waals surface area contributed by atoms with Crippen molar-refractivity contribution in [3.8, 4) is 0 Å². The molecule has 1 fully saturated rings. The lowest BCUT2D eigenvalue weighted by molar-refractivity contribution is 0.410. The number of hydrogen-bond donors (Lipinski definition) is 1. The molecule has 0 bridgehead atoms. The van der Waals surface area contributed by atoms with Crippen LogP contribution in [0.25, 0.3) is 0 Å². The highest BCUT2D eigenvalue weighted by Crippen LogP contribution is 2.26. The molecule has 0 radical (unpaired) electrons. The maximum atomic E-state index is 5.81. The highest BCUT2D eigenvalue weighted by molar-refractivity contribution is 5.36. The molecule has 1 aromatic heterocycles. The number of aryl methyl sites for hydroxylation is 1. The topological polar surface area (TPSA) is 67.9 Å². The Morgan fingerprint density at radius 3 is 2.79 bits per heavy atom. The van der Waals surface area contributed by atoms with E-state index in [2.05, 4.69) is 27.1 Å². The Morgan fingerprint density at radius 1 is 1.43 bits per heavy atom. The van der Waals surface area contributed by atoms with Crippen molar-refractivity contribution in [1.82, 2.24) is 20.1 Å². The van der Waals surface area contributed by atoms with Crippen molar-refractivity contribution in [2.75, 3.05) is 25.9 Å². The van der Waals surface area contributed by atoms with Gasteiger partial charge in [0.25, 0.3) is 0 Å². The summed E-state index contributed by atoms with van der Waals surface area (Å²) in [6.45, 7) is 3.90. The number of hydrogen-bond acceptors (Lipinski definition) is 5. The number of aromatic nitrogens is 3. The Balaban J connectivity index is 2.24. The normalized spacial score (nSPS) is 22.9. The van der Waals surface area contributed by atoms with E-state index in [0.717, 1.165) is 25.2 Å². The molecular weight excluding hydrogens is 178 g/mol. The van der Waals surface area contributed by atoms with Gasteiger partial charge >= 0.3 is 0 Å². The molecule has 0 amide bonds. The second-order valence-electron chi connectivity index (χ2n) is 3.88. The van der Waals surface area contributed by atoms with Gasteiger partial charge in [-0.05, 0) is 26.9 Å². The Morgan fingerprint density at radius 2 is 2.21 bits per heavy atom. The van der Waals surface area contributed by atoms with Gasteiger partial charge in [-0.15, -0.1) is 10.2 Å². The van der Waals surface area contributed by atoms with E-state index < -0.39 is 0 Å². The average Bonchev–Trinajstić information content (AvgIpc) is 2.51. The standard InChI is InChI=1S/C9H15N5/c1-6-11-9(10)8(13-12-6)7-3-4-14(2)5-7/h7H,3-5H2,1-2H3,(H2,10,11,12). The summed E-state index contributed by atoms with van der Waals surface area (Å²) < 4.78 is 0. The zero-order valence-electron chi connectivity index (χ0n) is 8.56. The minimum Gasteiger partial charge on any atom is -0.382 e. The zero-order chi connectivity index (χ0) is 10.1. The van der Waals surface area contributed by atoms with Crippen LogP contribution in [0, 0.1) is 6.92 Å². The van der Waals surface area contributed by atoms with Crippen LogP contribution in [0.15, 0.2) is 0 Å². The lowest BCUT2D eigenvalue weighted by Gasteiger charge is -2.10. The molecule has 5 heteroatoms. The van der Waals surface area contributed by atoms with Crippen molar-refractivity contribution >= 4 is 5.82 Å². The monoisotopic (exact) mass is 193 g/mol. The predicted octanol–water partition coefficient (Wildman–Crippen LogP) is 0.181. The highest BCUT2D eigenvalue weighted by Gasteiger charge is 2.25. The van der Waals surface area contributed by atoms with E-state index in [1.54, 1.807) is 6.92 Å². The molecule has 2 N–H and O–H groups in total. The maximum absolute atomic E-state index is 5.81. The van der Waals surface area contributed by atoms with Crippen LogP contribution in [0.3, 0.4) is 0 Å². The Hall–Kier alpha value is -1.23. The second-order valence-corrected chi connectivity index (χ2v) is 3.88. The van der Waals surface area contributed by atoms with E-state index in [-0.39, 0.29) is 0 Å². The largest absolute Gasteiger partial charge is 0.382 e. The van der Waals surface area contributed by atoms with Crippen LogP contribution in [0.2, 0.25) is 0 Å². The Bertz CT molecular complexity index is 338. The molecule has 14 heavy (non-hydrogen) atoms. The fourth-order valence-corrected chi connectivity index (χ4v) is 1.88. The van der Waals surface area contributed by atoms with Crippen molar-refractivity contribution in [3.63, 3.8) is 0 Å². The molecular formula is C9H15N5. The van der Waals surface area contributed by atoms with Gasteiger partial charge in [0.05, 0.1) is 0 Å². The molecule has 1 aliphatic heterocycles. The molecule has 0 spiro atoms. The predicted molar refractivity (Wildman–Crippen MR) is 53.8 cm³/mol. The average molecular weight is 193 g/mol. The van der Waals surface area contributed by atoms with Crippen LogP contribution in [0.4, 0.5) is 5.82 Å². The minimum atomic E-state index is 0.403. The molecule has 0 aromatic carbocycles. The molecule has 76 valence electrons. The number of nitrogen functional groups attached to an aromatic ring is 1. The third kappa shape index (κ3) is 1.68. The second kappa shape index (κ2) is 3.49. The molecule has 2 heterocycles. The molecule has 0 saturated carbocycles. The molecule has 1 aromatic rings. The van der Waals surface area contributed by atoms with E-state index in [0.29, 0.717) is 17.6 Å². The van der Waals surface area contributed by atoms with Crippen molar-refractivity contribution in [1.29, 1.82) is 0 Å². The van der Waals surface area contributed by atoms with Gasteiger partial charge in [-0.25, -0.2) is 4.98 Å². The summed E-state index contributed by atoms with van der Waals surface area (Å²) in [6.07, 6.45) is 1.10. The Kier molecular flexibility index (Phi) is 2.33. The molecule has 2 rings (SSSR count). The molecule has 0 aliphatic carbocycles. The third-order valence-corrected chi connectivity index (χ3v) is 2.63. The first-order valence-electron chi connectivity index (χ1n) is 4.82. The van der Waals surface area contributed by atoms with Crippen LogP contribution >= 0.6 is 0 Å². The fourth-order valence-electron chi connectivity index (χ4n) is 1.88. The maximum Gasteiger partial charge on any atom is 0.150 e. The van der Waals surface area contributed by atoms with E-state index in [1.165, 1.54) is 0 Å². The first-order valence-corrected chi connectivity index (χ1v) is 4.82. The summed E-state index contributed by atoms with van der Waals surface area (Å²) in [5, 5.41) is 8.08. The number of rotatable bonds is 1. The van der Waals surface area contributed by atoms with E-state index in [1.807, 2.05) is 0 Å². The number of nitrogens with zero attached hydrogens (tertiary/aromatic N) is 4. The summed E-state index contributed by atoms with van der Waals surface area (Å²) in [5.41, 5.74) is 6.68. The van der Waals surface area contributed by atoms with Crippen molar-refractivity contribution < 1.29 is 0 Å². The van der Waals surface area contributed by atoms with Gasteiger partial charge in [0, 0.05) is 12.5 Å². The SMILES string of the molecule is Cc1nnc(C2CCN(C)C2)c(N)n1. The van der Waals surface area contributed by atoms with Gasteiger partial charge < -0.3 is 10.6 Å². The van der Waals surface area contributed by atoms with Gasteiger partial charge in [0.1, 0.15) is 17.3 Å². The smallest absolute Gasteiger partial charge is 0.150 e. The molecule has 1 atom stereocenters. The lowest BCUT2D eigenvalue weighted by atomic mass is 10.1. The van der Waals surface area contributed by atoms with Crippen molar-refractivity contribution in [3.05, 3.63) is 11.5 Å². The highest BCUT2D eigenvalue weighted by atomic mass is 15.2. The fraction of sp³-hybridized carbons (Fsp3) is 0.667. The van der Waals surface area contributed by atoms with E-state index in [4.69, 9.17) is 5.73 Å². The zero-order valence-corrected chi connectivity index (χ0v) is 8.56. The van der Waals surface area contributed by atoms with Crippen LogP contribution in [-0.2, 0) is 0 Å². The van der Waals surface area contributed by atoms with Gasteiger partial charge in [0.15, 0.2) is 0 Å². The summed E-state index contributed by atoms with van der Waals surface area (Å²) in [4.78, 5) is 6.40. The van der Waals surface area contributed by atoms with Crippen LogP contribution in [-0.4, -0.2) is 40.2 Å². The summed E-state index contributed by atoms with van der Waals surface area (Å²) in [7, 11) is 2.10. The van der Waals surface area contributed by atoms with E-state index in [9.17, 15) is 0 Å². The minimum absolute atomic E-state index is 0.403. The van der Waals surface area contributed by atoms with Crippen LogP contribution in [0.5, 0.6) is 0 Å². The van der Waals surface area contributed by atoms with E-state index >= 15 is 0 Å². The number of anilines is 1. The molecule has 1 saturated heterocycles. The quantitative estimate of drug-likeness (QED) is 0.689. The molecule has 5 nitrogen and oxygen atoms in total. The summed E-state index contributed by atoms with van der Waals surface area (Å²) >= 11 is 0. The summed E-state index contributed by atoms with van der Waals surface area (Å²) in [5.74, 6) is 1.58. The van der Waals surface area contributed by atoms with Crippen LogP contribution in [0.1, 0.15) is 23.9 Å². The first kappa shape index (κ1) is 9.33. The number of nitrogens with two attached hydrogens (primary N) is 1. The number of likely N-dealkylation sites (tertiary alicyclic amines) is 1. The first-order chi connectivity index (χ1) is 6.66. The van der Waals surface area contributed by atoms with Gasteiger partial charge in [-0.3, -0.25) is 0 Å². The van der Waals surface area contributed by atoms with Crippen molar-refractivity contribution in [2.24, 2.45) is 0 Å². The van der Waals surface area contributed by atoms with Crippen LogP contribution < -0.4 is 5.73 Å². The van der Waals surface area contributed by atoms with Gasteiger partial charge in [-0.1, -0.05) is 0 Å². The number of likely N-dealkylation sites (N-methyl/N-ethyl adjacent to an activating group) is 1.